The van der Waals surface area contributed by atoms with E-state index in [2.05, 4.69) is 18.7 Å². The molecule has 4 heteroatoms. The molecule has 0 saturated heterocycles. The van der Waals surface area contributed by atoms with Crippen LogP contribution in [0.15, 0.2) is 18.2 Å². The lowest BCUT2D eigenvalue weighted by Crippen LogP contribution is -2.53. The largest absolute Gasteiger partial charge is 0.297 e. The first kappa shape index (κ1) is 16.8. The summed E-state index contributed by atoms with van der Waals surface area (Å²) in [6.45, 7) is 6.07. The maximum absolute atomic E-state index is 13.0. The van der Waals surface area contributed by atoms with Crippen molar-refractivity contribution in [2.45, 2.75) is 51.5 Å². The number of hydrogen-bond acceptors (Lipinski definition) is 2. The number of ketones is 1. The second-order valence-electron chi connectivity index (χ2n) is 5.75. The average molecular weight is 328 g/mol. The highest BCUT2D eigenvalue weighted by Crippen LogP contribution is 2.37. The molecule has 0 radical (unpaired) electrons. The van der Waals surface area contributed by atoms with E-state index >= 15 is 0 Å². The molecule has 0 heterocycles. The molecule has 0 aliphatic heterocycles. The average Bonchev–Trinajstić information content (AvgIpc) is 2.95. The number of hydrogen-bond donors (Lipinski definition) is 0. The lowest BCUT2D eigenvalue weighted by atomic mass is 9.86. The molecule has 116 valence electrons. The molecule has 1 aliphatic carbocycles. The molecule has 0 aromatic heterocycles. The van der Waals surface area contributed by atoms with E-state index in [1.54, 1.807) is 12.1 Å². The van der Waals surface area contributed by atoms with E-state index in [0.717, 1.165) is 44.3 Å². The van der Waals surface area contributed by atoms with Gasteiger partial charge in [0.1, 0.15) is 0 Å². The fraction of sp³-hybridized carbons (Fsp3) is 0.588. The summed E-state index contributed by atoms with van der Waals surface area (Å²) in [6, 6.07) is 5.34. The van der Waals surface area contributed by atoms with Crippen LogP contribution in [0.25, 0.3) is 0 Å². The first-order valence-corrected chi connectivity index (χ1v) is 8.51. The Hall–Kier alpha value is -0.570. The van der Waals surface area contributed by atoms with E-state index in [0.29, 0.717) is 16.5 Å². The fourth-order valence-corrected chi connectivity index (χ4v) is 3.96. The minimum Gasteiger partial charge on any atom is -0.297 e. The molecule has 2 nitrogen and oxygen atoms in total. The normalized spacial score (nSPS) is 17.4. The van der Waals surface area contributed by atoms with Crippen molar-refractivity contribution in [2.24, 2.45) is 0 Å². The SMILES string of the molecule is CCN(CC)C1(C(=O)Cc2cc(Cl)ccc2Cl)CCCC1. The Morgan fingerprint density at radius 3 is 2.38 bits per heavy atom. The molecule has 1 aromatic carbocycles. The topological polar surface area (TPSA) is 20.3 Å². The number of Topliss-reactive ketones (excluding diaryl/α,β-unsaturated/α-hetero) is 1. The third-order valence-corrected chi connectivity index (χ3v) is 5.28. The third kappa shape index (κ3) is 3.44. The maximum Gasteiger partial charge on any atom is 0.157 e. The number of likely N-dealkylation sites (N-methyl/N-ethyl adjacent to an activating group) is 1. The van der Waals surface area contributed by atoms with Gasteiger partial charge in [-0.15, -0.1) is 0 Å². The van der Waals surface area contributed by atoms with Gasteiger partial charge >= 0.3 is 0 Å². The van der Waals surface area contributed by atoms with Gasteiger partial charge < -0.3 is 0 Å². The van der Waals surface area contributed by atoms with Crippen LogP contribution in [0.3, 0.4) is 0 Å². The maximum atomic E-state index is 13.0. The number of carbonyl (C=O) groups excluding carboxylic acids is 1. The minimum absolute atomic E-state index is 0.285. The van der Waals surface area contributed by atoms with Crippen molar-refractivity contribution in [3.8, 4) is 0 Å². The molecule has 0 bridgehead atoms. The van der Waals surface area contributed by atoms with Gasteiger partial charge in [-0.2, -0.15) is 0 Å². The number of halogens is 2. The molecular weight excluding hydrogens is 305 g/mol. The summed E-state index contributed by atoms with van der Waals surface area (Å²) in [4.78, 5) is 15.3. The zero-order valence-corrected chi connectivity index (χ0v) is 14.3. The first-order chi connectivity index (χ1) is 10.0. The standard InChI is InChI=1S/C17H23Cl2NO/c1-3-20(4-2)17(9-5-6-10-17)16(21)12-13-11-14(18)7-8-15(13)19/h7-8,11H,3-6,9-10,12H2,1-2H3. The van der Waals surface area contributed by atoms with E-state index in [1.807, 2.05) is 6.07 Å². The van der Waals surface area contributed by atoms with E-state index in [9.17, 15) is 4.79 Å². The molecule has 2 rings (SSSR count). The highest BCUT2D eigenvalue weighted by Gasteiger charge is 2.44. The van der Waals surface area contributed by atoms with Crippen LogP contribution in [0.4, 0.5) is 0 Å². The Morgan fingerprint density at radius 2 is 1.81 bits per heavy atom. The van der Waals surface area contributed by atoms with Gasteiger partial charge in [0.2, 0.25) is 0 Å². The van der Waals surface area contributed by atoms with Crippen LogP contribution in [0.1, 0.15) is 45.1 Å². The number of benzene rings is 1. The molecule has 0 atom stereocenters. The molecule has 0 N–H and O–H groups in total. The van der Waals surface area contributed by atoms with E-state index in [4.69, 9.17) is 23.2 Å². The summed E-state index contributed by atoms with van der Waals surface area (Å²) in [7, 11) is 0. The van der Waals surface area contributed by atoms with Crippen molar-refractivity contribution in [3.63, 3.8) is 0 Å². The van der Waals surface area contributed by atoms with Crippen molar-refractivity contribution < 1.29 is 4.79 Å². The fourth-order valence-electron chi connectivity index (χ4n) is 3.58. The van der Waals surface area contributed by atoms with Crippen LogP contribution < -0.4 is 0 Å². The molecule has 1 saturated carbocycles. The van der Waals surface area contributed by atoms with Crippen molar-refractivity contribution in [1.82, 2.24) is 4.90 Å². The summed E-state index contributed by atoms with van der Waals surface area (Å²) in [5.74, 6) is 0.285. The Labute approximate surface area is 137 Å². The smallest absolute Gasteiger partial charge is 0.157 e. The van der Waals surface area contributed by atoms with Gasteiger partial charge in [-0.3, -0.25) is 9.69 Å². The lowest BCUT2D eigenvalue weighted by molar-refractivity contribution is -0.130. The number of nitrogens with zero attached hydrogens (tertiary/aromatic N) is 1. The Kier molecular flexibility index (Phi) is 5.70. The van der Waals surface area contributed by atoms with Crippen molar-refractivity contribution in [1.29, 1.82) is 0 Å². The monoisotopic (exact) mass is 327 g/mol. The van der Waals surface area contributed by atoms with Gasteiger partial charge in [0, 0.05) is 16.5 Å². The van der Waals surface area contributed by atoms with Gasteiger partial charge in [0.25, 0.3) is 0 Å². The van der Waals surface area contributed by atoms with Crippen LogP contribution in [0.2, 0.25) is 10.0 Å². The molecule has 1 aliphatic rings. The third-order valence-electron chi connectivity index (χ3n) is 4.68. The Morgan fingerprint density at radius 1 is 1.19 bits per heavy atom. The van der Waals surface area contributed by atoms with E-state index in [1.165, 1.54) is 0 Å². The van der Waals surface area contributed by atoms with Gasteiger partial charge in [-0.25, -0.2) is 0 Å². The van der Waals surface area contributed by atoms with Crippen LogP contribution >= 0.6 is 23.2 Å². The number of rotatable bonds is 6. The second-order valence-corrected chi connectivity index (χ2v) is 6.59. The minimum atomic E-state index is -0.296. The van der Waals surface area contributed by atoms with Crippen LogP contribution in [0, 0.1) is 0 Å². The Bertz CT molecular complexity index is 506. The van der Waals surface area contributed by atoms with Crippen molar-refractivity contribution in [2.75, 3.05) is 13.1 Å². The summed E-state index contributed by atoms with van der Waals surface area (Å²) < 4.78 is 0. The van der Waals surface area contributed by atoms with Gasteiger partial charge in [0.05, 0.1) is 5.54 Å². The van der Waals surface area contributed by atoms with Gasteiger partial charge in [0.15, 0.2) is 5.78 Å². The lowest BCUT2D eigenvalue weighted by Gasteiger charge is -2.39. The molecule has 0 unspecified atom stereocenters. The van der Waals surface area contributed by atoms with Crippen LogP contribution in [0.5, 0.6) is 0 Å². The Balaban J connectivity index is 2.25. The van der Waals surface area contributed by atoms with Crippen molar-refractivity contribution in [3.05, 3.63) is 33.8 Å². The van der Waals surface area contributed by atoms with E-state index < -0.39 is 0 Å². The molecule has 1 fully saturated rings. The van der Waals surface area contributed by atoms with Gasteiger partial charge in [-0.05, 0) is 49.7 Å². The summed E-state index contributed by atoms with van der Waals surface area (Å²) in [6.07, 6.45) is 4.56. The second kappa shape index (κ2) is 7.13. The van der Waals surface area contributed by atoms with Gasteiger partial charge in [-0.1, -0.05) is 49.9 Å². The highest BCUT2D eigenvalue weighted by atomic mass is 35.5. The van der Waals surface area contributed by atoms with Crippen molar-refractivity contribution >= 4 is 29.0 Å². The quantitative estimate of drug-likeness (QED) is 0.750. The molecule has 0 amide bonds. The zero-order chi connectivity index (χ0) is 15.5. The predicted octanol–water partition coefficient (Wildman–Crippen LogP) is 4.76. The number of carbonyl (C=O) groups is 1. The van der Waals surface area contributed by atoms with E-state index in [-0.39, 0.29) is 11.3 Å². The highest BCUT2D eigenvalue weighted by molar-refractivity contribution is 6.33. The first-order valence-electron chi connectivity index (χ1n) is 7.75. The summed E-state index contributed by atoms with van der Waals surface area (Å²) in [5.41, 5.74) is 0.544. The van der Waals surface area contributed by atoms with Crippen LogP contribution in [-0.2, 0) is 11.2 Å². The molecular formula is C17H23Cl2NO. The zero-order valence-electron chi connectivity index (χ0n) is 12.8. The predicted molar refractivity (Wildman–Crippen MR) is 89.3 cm³/mol. The molecule has 21 heavy (non-hydrogen) atoms. The molecule has 0 spiro atoms. The summed E-state index contributed by atoms with van der Waals surface area (Å²) in [5, 5.41) is 1.26. The van der Waals surface area contributed by atoms with Crippen LogP contribution in [-0.4, -0.2) is 29.3 Å². The summed E-state index contributed by atoms with van der Waals surface area (Å²) >= 11 is 12.2. The molecule has 1 aromatic rings.